The molecule has 0 aromatic rings. The van der Waals surface area contributed by atoms with Crippen LogP contribution in [0.1, 0.15) is 44.9 Å². The maximum absolute atomic E-state index is 11.4. The Morgan fingerprint density at radius 1 is 1.12 bits per heavy atom. The number of amides is 2. The summed E-state index contributed by atoms with van der Waals surface area (Å²) in [5, 5.41) is 2.71. The molecule has 1 aliphatic carbocycles. The summed E-state index contributed by atoms with van der Waals surface area (Å²) in [5.41, 5.74) is 4.94. The standard InChI is InChI=1S/C11H18N2O3/c12-10(15)7-3-6-9(14)11(16)13-8-4-1-2-5-8/h8H,1-7H2,(H2,12,15)(H,13,16). The van der Waals surface area contributed by atoms with E-state index >= 15 is 0 Å². The van der Waals surface area contributed by atoms with E-state index in [2.05, 4.69) is 5.32 Å². The first-order chi connectivity index (χ1) is 7.59. The monoisotopic (exact) mass is 226 g/mol. The van der Waals surface area contributed by atoms with Gasteiger partial charge in [0.2, 0.25) is 11.7 Å². The minimum Gasteiger partial charge on any atom is -0.370 e. The van der Waals surface area contributed by atoms with Gasteiger partial charge in [-0.05, 0) is 19.3 Å². The molecular formula is C11H18N2O3. The molecule has 1 aliphatic rings. The number of hydrogen-bond donors (Lipinski definition) is 2. The molecule has 2 amide bonds. The van der Waals surface area contributed by atoms with Gasteiger partial charge in [0.25, 0.3) is 5.91 Å². The predicted octanol–water partition coefficient (Wildman–Crippen LogP) is 0.270. The first-order valence-electron chi connectivity index (χ1n) is 5.71. The molecule has 0 radical (unpaired) electrons. The highest BCUT2D eigenvalue weighted by Crippen LogP contribution is 2.17. The molecule has 16 heavy (non-hydrogen) atoms. The van der Waals surface area contributed by atoms with Crippen LogP contribution >= 0.6 is 0 Å². The van der Waals surface area contributed by atoms with E-state index in [1.54, 1.807) is 0 Å². The molecule has 5 nitrogen and oxygen atoms in total. The van der Waals surface area contributed by atoms with Crippen molar-refractivity contribution in [2.45, 2.75) is 51.0 Å². The Kier molecular flexibility index (Phi) is 4.95. The third-order valence-electron chi connectivity index (χ3n) is 2.77. The fourth-order valence-electron chi connectivity index (χ4n) is 1.87. The zero-order chi connectivity index (χ0) is 12.0. The smallest absolute Gasteiger partial charge is 0.287 e. The van der Waals surface area contributed by atoms with Crippen LogP contribution in [0.25, 0.3) is 0 Å². The van der Waals surface area contributed by atoms with E-state index in [1.165, 1.54) is 0 Å². The van der Waals surface area contributed by atoms with E-state index in [9.17, 15) is 14.4 Å². The highest BCUT2D eigenvalue weighted by atomic mass is 16.2. The number of Topliss-reactive ketones (excluding diaryl/α,β-unsaturated/α-hetero) is 1. The lowest BCUT2D eigenvalue weighted by atomic mass is 10.1. The van der Waals surface area contributed by atoms with Crippen LogP contribution < -0.4 is 11.1 Å². The van der Waals surface area contributed by atoms with Crippen LogP contribution in [0.3, 0.4) is 0 Å². The zero-order valence-corrected chi connectivity index (χ0v) is 9.33. The zero-order valence-electron chi connectivity index (χ0n) is 9.33. The van der Waals surface area contributed by atoms with Crippen LogP contribution in [0.5, 0.6) is 0 Å². The van der Waals surface area contributed by atoms with Crippen molar-refractivity contribution in [3.63, 3.8) is 0 Å². The Labute approximate surface area is 94.8 Å². The molecule has 1 rings (SSSR count). The van der Waals surface area contributed by atoms with E-state index < -0.39 is 17.6 Å². The largest absolute Gasteiger partial charge is 0.370 e. The molecule has 0 saturated heterocycles. The number of primary amides is 1. The lowest BCUT2D eigenvalue weighted by Gasteiger charge is -2.10. The van der Waals surface area contributed by atoms with Crippen LogP contribution in [0, 0.1) is 0 Å². The molecule has 0 spiro atoms. The summed E-state index contributed by atoms with van der Waals surface area (Å²) in [5.74, 6) is -1.41. The van der Waals surface area contributed by atoms with Crippen molar-refractivity contribution in [2.75, 3.05) is 0 Å². The summed E-state index contributed by atoms with van der Waals surface area (Å²) in [6.07, 6.45) is 4.75. The lowest BCUT2D eigenvalue weighted by molar-refractivity contribution is -0.138. The lowest BCUT2D eigenvalue weighted by Crippen LogP contribution is -2.37. The number of ketones is 1. The molecule has 90 valence electrons. The van der Waals surface area contributed by atoms with Crippen molar-refractivity contribution in [3.05, 3.63) is 0 Å². The Morgan fingerprint density at radius 2 is 1.75 bits per heavy atom. The second kappa shape index (κ2) is 6.25. The average molecular weight is 226 g/mol. The second-order valence-corrected chi connectivity index (χ2v) is 4.20. The predicted molar refractivity (Wildman–Crippen MR) is 58.5 cm³/mol. The maximum atomic E-state index is 11.4. The van der Waals surface area contributed by atoms with Crippen molar-refractivity contribution in [2.24, 2.45) is 5.73 Å². The van der Waals surface area contributed by atoms with Gasteiger partial charge in [-0.25, -0.2) is 0 Å². The Hall–Kier alpha value is -1.39. The van der Waals surface area contributed by atoms with Crippen LogP contribution in [0.15, 0.2) is 0 Å². The van der Waals surface area contributed by atoms with Gasteiger partial charge in [0.15, 0.2) is 0 Å². The number of carbonyl (C=O) groups excluding carboxylic acids is 3. The molecular weight excluding hydrogens is 208 g/mol. The van der Waals surface area contributed by atoms with Crippen LogP contribution in [0.4, 0.5) is 0 Å². The average Bonchev–Trinajstić information content (AvgIpc) is 2.69. The topological polar surface area (TPSA) is 89.3 Å². The van der Waals surface area contributed by atoms with Crippen molar-refractivity contribution in [3.8, 4) is 0 Å². The van der Waals surface area contributed by atoms with Gasteiger partial charge < -0.3 is 11.1 Å². The molecule has 0 heterocycles. The normalized spacial score (nSPS) is 16.0. The van der Waals surface area contributed by atoms with E-state index in [-0.39, 0.29) is 18.9 Å². The van der Waals surface area contributed by atoms with Crippen LogP contribution in [-0.4, -0.2) is 23.6 Å². The minimum absolute atomic E-state index is 0.0987. The summed E-state index contributed by atoms with van der Waals surface area (Å²) >= 11 is 0. The highest BCUT2D eigenvalue weighted by Gasteiger charge is 2.20. The second-order valence-electron chi connectivity index (χ2n) is 4.20. The third kappa shape index (κ3) is 4.42. The van der Waals surface area contributed by atoms with Crippen molar-refractivity contribution in [1.29, 1.82) is 0 Å². The van der Waals surface area contributed by atoms with Gasteiger partial charge in [-0.1, -0.05) is 12.8 Å². The Bertz CT molecular complexity index is 283. The molecule has 5 heteroatoms. The Balaban J connectivity index is 2.19. The van der Waals surface area contributed by atoms with E-state index in [0.717, 1.165) is 25.7 Å². The summed E-state index contributed by atoms with van der Waals surface area (Å²) in [6.45, 7) is 0. The minimum atomic E-state index is -0.517. The summed E-state index contributed by atoms with van der Waals surface area (Å²) in [7, 11) is 0. The number of carbonyl (C=O) groups is 3. The molecule has 0 bridgehead atoms. The molecule has 0 aromatic carbocycles. The first kappa shape index (κ1) is 12.7. The molecule has 3 N–H and O–H groups in total. The number of rotatable bonds is 6. The Morgan fingerprint density at radius 3 is 2.31 bits per heavy atom. The molecule has 0 aromatic heterocycles. The van der Waals surface area contributed by atoms with E-state index in [4.69, 9.17) is 5.73 Å². The number of nitrogens with one attached hydrogen (secondary N) is 1. The SMILES string of the molecule is NC(=O)CCCC(=O)C(=O)NC1CCCC1. The summed E-state index contributed by atoms with van der Waals surface area (Å²) in [4.78, 5) is 33.2. The van der Waals surface area contributed by atoms with Crippen molar-refractivity contribution < 1.29 is 14.4 Å². The van der Waals surface area contributed by atoms with E-state index in [1.807, 2.05) is 0 Å². The highest BCUT2D eigenvalue weighted by molar-refractivity contribution is 6.36. The number of nitrogens with two attached hydrogens (primary N) is 1. The van der Waals surface area contributed by atoms with Gasteiger partial charge >= 0.3 is 0 Å². The fraction of sp³-hybridized carbons (Fsp3) is 0.727. The molecule has 1 fully saturated rings. The van der Waals surface area contributed by atoms with Crippen LogP contribution in [0.2, 0.25) is 0 Å². The number of hydrogen-bond acceptors (Lipinski definition) is 3. The van der Waals surface area contributed by atoms with Crippen molar-refractivity contribution in [1.82, 2.24) is 5.32 Å². The molecule has 0 aliphatic heterocycles. The quantitative estimate of drug-likeness (QED) is 0.637. The molecule has 1 saturated carbocycles. The maximum Gasteiger partial charge on any atom is 0.287 e. The van der Waals surface area contributed by atoms with Gasteiger partial charge in [0.05, 0.1) is 0 Å². The summed E-state index contributed by atoms with van der Waals surface area (Å²) < 4.78 is 0. The third-order valence-corrected chi connectivity index (χ3v) is 2.77. The van der Waals surface area contributed by atoms with Gasteiger partial charge in [-0.2, -0.15) is 0 Å². The summed E-state index contributed by atoms with van der Waals surface area (Å²) in [6, 6.07) is 0.160. The fourth-order valence-corrected chi connectivity index (χ4v) is 1.87. The van der Waals surface area contributed by atoms with Gasteiger partial charge in [-0.3, -0.25) is 14.4 Å². The van der Waals surface area contributed by atoms with Gasteiger partial charge in [0, 0.05) is 18.9 Å². The molecule has 0 unspecified atom stereocenters. The van der Waals surface area contributed by atoms with Gasteiger partial charge in [0.1, 0.15) is 0 Å². The first-order valence-corrected chi connectivity index (χ1v) is 5.71. The molecule has 0 atom stereocenters. The van der Waals surface area contributed by atoms with Gasteiger partial charge in [-0.15, -0.1) is 0 Å². The van der Waals surface area contributed by atoms with Crippen LogP contribution in [-0.2, 0) is 14.4 Å². The van der Waals surface area contributed by atoms with E-state index in [0.29, 0.717) is 6.42 Å². The van der Waals surface area contributed by atoms with Crippen molar-refractivity contribution >= 4 is 17.6 Å².